The maximum absolute atomic E-state index is 12.2. The average molecular weight is 503 g/mol. The molecule has 3 N–H and O–H groups in total. The van der Waals surface area contributed by atoms with Crippen LogP contribution in [0.1, 0.15) is 11.4 Å². The second-order valence-electron chi connectivity index (χ2n) is 6.81. The largest absolute Gasteiger partial charge is 0.495 e. The number of ether oxygens (including phenoxy) is 3. The molecule has 1 heterocycles. The van der Waals surface area contributed by atoms with Gasteiger partial charge in [0.1, 0.15) is 11.6 Å². The average Bonchev–Trinajstić information content (AvgIpc) is 2.81. The van der Waals surface area contributed by atoms with Gasteiger partial charge in [-0.3, -0.25) is 19.7 Å². The van der Waals surface area contributed by atoms with Crippen molar-refractivity contribution >= 4 is 41.0 Å². The van der Waals surface area contributed by atoms with E-state index in [2.05, 4.69) is 15.3 Å². The SMILES string of the molecule is COc1ccc(NC(=O)COc2ccc(/C=C/c3nc(O)c([N+](=O)[O-])c(=O)[nH]3)cc2OC)cc1Cl. The number of methoxy groups -OCH3 is 2. The summed E-state index contributed by atoms with van der Waals surface area (Å²) in [7, 11) is 2.91. The number of aromatic hydroxyl groups is 1. The standard InChI is InChI=1S/C22H19ClN4O8/c1-33-15-7-5-13(10-14(15)23)24-19(28)11-35-16-6-3-12(9-17(16)34-2)4-8-18-25-21(29)20(27(31)32)22(30)26-18/h3-10H,11H2,1-2H3,(H,24,28)(H2,25,26,29,30)/b8-4+. The molecular formula is C22H19ClN4O8. The van der Waals surface area contributed by atoms with Crippen molar-refractivity contribution in [3.8, 4) is 23.1 Å². The molecule has 0 aliphatic heterocycles. The number of nitrogens with one attached hydrogen (secondary N) is 2. The van der Waals surface area contributed by atoms with Gasteiger partial charge in [-0.2, -0.15) is 4.98 Å². The number of halogens is 1. The highest BCUT2D eigenvalue weighted by Crippen LogP contribution is 2.30. The lowest BCUT2D eigenvalue weighted by Gasteiger charge is -2.12. The van der Waals surface area contributed by atoms with Gasteiger partial charge in [0.25, 0.3) is 11.8 Å². The molecule has 0 spiro atoms. The van der Waals surface area contributed by atoms with Crippen molar-refractivity contribution in [3.63, 3.8) is 0 Å². The molecule has 182 valence electrons. The van der Waals surface area contributed by atoms with Crippen LogP contribution in [-0.2, 0) is 4.79 Å². The molecular weight excluding hydrogens is 484 g/mol. The van der Waals surface area contributed by atoms with Crippen molar-refractivity contribution in [2.24, 2.45) is 0 Å². The van der Waals surface area contributed by atoms with E-state index in [9.17, 15) is 24.8 Å². The topological polar surface area (TPSA) is 166 Å². The predicted molar refractivity (Wildman–Crippen MR) is 127 cm³/mol. The van der Waals surface area contributed by atoms with Crippen LogP contribution in [0.15, 0.2) is 41.2 Å². The Balaban J connectivity index is 1.67. The lowest BCUT2D eigenvalue weighted by atomic mass is 10.2. The molecule has 13 heteroatoms. The molecule has 0 aliphatic rings. The van der Waals surface area contributed by atoms with Gasteiger partial charge in [-0.05, 0) is 42.0 Å². The van der Waals surface area contributed by atoms with E-state index in [0.29, 0.717) is 33.5 Å². The normalized spacial score (nSPS) is 10.7. The summed E-state index contributed by atoms with van der Waals surface area (Å²) in [6, 6.07) is 9.61. The fraction of sp³-hybridized carbons (Fsp3) is 0.136. The number of carbonyl (C=O) groups is 1. The number of nitrogens with zero attached hydrogens (tertiary/aromatic N) is 2. The summed E-state index contributed by atoms with van der Waals surface area (Å²) in [6.07, 6.45) is 2.86. The number of nitro groups is 1. The molecule has 0 fully saturated rings. The van der Waals surface area contributed by atoms with Gasteiger partial charge in [0.05, 0.1) is 24.2 Å². The zero-order chi connectivity index (χ0) is 25.5. The maximum atomic E-state index is 12.2. The number of anilines is 1. The van der Waals surface area contributed by atoms with Gasteiger partial charge >= 0.3 is 11.2 Å². The van der Waals surface area contributed by atoms with E-state index in [0.717, 1.165) is 0 Å². The molecule has 0 atom stereocenters. The minimum Gasteiger partial charge on any atom is -0.495 e. The first-order chi connectivity index (χ1) is 16.7. The fourth-order valence-corrected chi connectivity index (χ4v) is 3.14. The highest BCUT2D eigenvalue weighted by Gasteiger charge is 2.21. The Morgan fingerprint density at radius 3 is 2.51 bits per heavy atom. The van der Waals surface area contributed by atoms with Gasteiger partial charge < -0.3 is 29.6 Å². The first kappa shape index (κ1) is 25.1. The number of rotatable bonds is 9. The Hall–Kier alpha value is -4.58. The van der Waals surface area contributed by atoms with Gasteiger partial charge in [-0.15, -0.1) is 0 Å². The van der Waals surface area contributed by atoms with Gasteiger partial charge in [-0.1, -0.05) is 23.7 Å². The summed E-state index contributed by atoms with van der Waals surface area (Å²) in [5.74, 6) is -0.410. The third kappa shape index (κ3) is 6.26. The highest BCUT2D eigenvalue weighted by atomic mass is 35.5. The number of amides is 1. The second kappa shape index (κ2) is 11.0. The molecule has 3 aromatic rings. The van der Waals surface area contributed by atoms with E-state index < -0.39 is 28.0 Å². The van der Waals surface area contributed by atoms with Crippen LogP contribution in [-0.4, -0.2) is 46.7 Å². The van der Waals surface area contributed by atoms with Crippen LogP contribution >= 0.6 is 11.6 Å². The third-order valence-electron chi connectivity index (χ3n) is 4.49. The minimum absolute atomic E-state index is 0.0901. The lowest BCUT2D eigenvalue weighted by Crippen LogP contribution is -2.20. The molecule has 3 rings (SSSR count). The summed E-state index contributed by atoms with van der Waals surface area (Å²) in [5.41, 5.74) is -1.06. The zero-order valence-electron chi connectivity index (χ0n) is 18.4. The molecule has 1 aromatic heterocycles. The van der Waals surface area contributed by atoms with Gasteiger partial charge in [0, 0.05) is 5.69 Å². The zero-order valence-corrected chi connectivity index (χ0v) is 19.2. The second-order valence-corrected chi connectivity index (χ2v) is 7.22. The molecule has 12 nitrogen and oxygen atoms in total. The molecule has 2 aromatic carbocycles. The summed E-state index contributed by atoms with van der Waals surface area (Å²) >= 11 is 6.05. The maximum Gasteiger partial charge on any atom is 0.395 e. The fourth-order valence-electron chi connectivity index (χ4n) is 2.88. The van der Waals surface area contributed by atoms with E-state index in [-0.39, 0.29) is 12.4 Å². The van der Waals surface area contributed by atoms with Gasteiger partial charge in [-0.25, -0.2) is 0 Å². The Morgan fingerprint density at radius 1 is 1.17 bits per heavy atom. The Labute approximate surface area is 202 Å². The molecule has 1 amide bonds. The van der Waals surface area contributed by atoms with E-state index >= 15 is 0 Å². The van der Waals surface area contributed by atoms with Crippen LogP contribution < -0.4 is 25.1 Å². The monoisotopic (exact) mass is 502 g/mol. The number of carbonyl (C=O) groups excluding carboxylic acids is 1. The van der Waals surface area contributed by atoms with E-state index in [1.807, 2.05) is 0 Å². The summed E-state index contributed by atoms with van der Waals surface area (Å²) < 4.78 is 15.9. The molecule has 0 radical (unpaired) electrons. The molecule has 35 heavy (non-hydrogen) atoms. The van der Waals surface area contributed by atoms with Crippen LogP contribution in [0.3, 0.4) is 0 Å². The smallest absolute Gasteiger partial charge is 0.395 e. The number of aromatic amines is 1. The summed E-state index contributed by atoms with van der Waals surface area (Å²) in [4.78, 5) is 39.5. The van der Waals surface area contributed by atoms with Crippen LogP contribution in [0.2, 0.25) is 5.02 Å². The molecule has 0 saturated heterocycles. The van der Waals surface area contributed by atoms with E-state index in [1.54, 1.807) is 36.4 Å². The third-order valence-corrected chi connectivity index (χ3v) is 4.79. The van der Waals surface area contributed by atoms with Crippen molar-refractivity contribution in [2.45, 2.75) is 0 Å². The van der Waals surface area contributed by atoms with Gasteiger partial charge in [0.2, 0.25) is 0 Å². The van der Waals surface area contributed by atoms with Crippen molar-refractivity contribution in [3.05, 3.63) is 73.3 Å². The van der Waals surface area contributed by atoms with E-state index in [1.165, 1.54) is 26.4 Å². The van der Waals surface area contributed by atoms with Crippen LogP contribution in [0.25, 0.3) is 12.2 Å². The minimum atomic E-state index is -1.08. The van der Waals surface area contributed by atoms with Crippen molar-refractivity contribution in [1.82, 2.24) is 9.97 Å². The Bertz CT molecular complexity index is 1360. The lowest BCUT2D eigenvalue weighted by molar-refractivity contribution is -0.387. The van der Waals surface area contributed by atoms with Crippen molar-refractivity contribution in [2.75, 3.05) is 26.1 Å². The van der Waals surface area contributed by atoms with Gasteiger partial charge in [0.15, 0.2) is 18.1 Å². The molecule has 0 bridgehead atoms. The van der Waals surface area contributed by atoms with E-state index in [4.69, 9.17) is 25.8 Å². The summed E-state index contributed by atoms with van der Waals surface area (Å²) in [5, 5.41) is 23.4. The highest BCUT2D eigenvalue weighted by molar-refractivity contribution is 6.32. The van der Waals surface area contributed by atoms with Crippen molar-refractivity contribution in [1.29, 1.82) is 0 Å². The quantitative estimate of drug-likeness (QED) is 0.294. The number of hydrogen-bond acceptors (Lipinski definition) is 9. The Morgan fingerprint density at radius 2 is 1.89 bits per heavy atom. The molecule has 0 aliphatic carbocycles. The summed E-state index contributed by atoms with van der Waals surface area (Å²) in [6.45, 7) is -0.303. The first-order valence-electron chi connectivity index (χ1n) is 9.81. The van der Waals surface area contributed by atoms with Crippen LogP contribution in [0.5, 0.6) is 23.1 Å². The Kier molecular flexibility index (Phi) is 7.89. The first-order valence-corrected chi connectivity index (χ1v) is 10.2. The predicted octanol–water partition coefficient (Wildman–Crippen LogP) is 3.24. The number of hydrogen-bond donors (Lipinski definition) is 3. The number of aromatic nitrogens is 2. The van der Waals surface area contributed by atoms with Crippen LogP contribution in [0, 0.1) is 10.1 Å². The molecule has 0 saturated carbocycles. The number of H-pyrrole nitrogens is 1. The van der Waals surface area contributed by atoms with Crippen LogP contribution in [0.4, 0.5) is 11.4 Å². The molecule has 0 unspecified atom stereocenters. The number of benzene rings is 2. The van der Waals surface area contributed by atoms with Crippen molar-refractivity contribution < 1.29 is 29.0 Å².